The van der Waals surface area contributed by atoms with Crippen LogP contribution in [0.1, 0.15) is 24.3 Å². The molecule has 1 saturated carbocycles. The highest BCUT2D eigenvalue weighted by atomic mass is 32.1. The van der Waals surface area contributed by atoms with Crippen molar-refractivity contribution < 1.29 is 0 Å². The third-order valence-corrected chi connectivity index (χ3v) is 3.76. The Morgan fingerprint density at radius 3 is 3.12 bits per heavy atom. The lowest BCUT2D eigenvalue weighted by Crippen LogP contribution is -2.10. The molecule has 0 spiro atoms. The fraction of sp³-hybridized carbons (Fsp3) is 0.455. The Hall–Kier alpha value is -1.56. The Labute approximate surface area is 104 Å². The fourth-order valence-corrected chi connectivity index (χ4v) is 2.74. The molecule has 5 nitrogen and oxygen atoms in total. The zero-order chi connectivity index (χ0) is 11.7. The number of aromatic nitrogens is 3. The van der Waals surface area contributed by atoms with E-state index in [-0.39, 0.29) is 0 Å². The normalized spacial score (nSPS) is 15.1. The predicted octanol–water partition coefficient (Wildman–Crippen LogP) is 1.91. The van der Waals surface area contributed by atoms with Gasteiger partial charge in [-0.1, -0.05) is 0 Å². The Balaban J connectivity index is 1.61. The van der Waals surface area contributed by atoms with E-state index in [1.165, 1.54) is 29.9 Å². The van der Waals surface area contributed by atoms with Crippen molar-refractivity contribution in [2.75, 3.05) is 17.6 Å². The third kappa shape index (κ3) is 2.26. The van der Waals surface area contributed by atoms with Gasteiger partial charge in [0, 0.05) is 24.5 Å². The largest absolute Gasteiger partial charge is 0.383 e. The van der Waals surface area contributed by atoms with Gasteiger partial charge in [0.25, 0.3) is 0 Å². The minimum Gasteiger partial charge on any atom is -0.383 e. The molecular formula is C11H15N5S. The lowest BCUT2D eigenvalue weighted by Gasteiger charge is -2.06. The van der Waals surface area contributed by atoms with Crippen LogP contribution in [0.4, 0.5) is 10.8 Å². The van der Waals surface area contributed by atoms with E-state index >= 15 is 0 Å². The van der Waals surface area contributed by atoms with E-state index in [4.69, 9.17) is 5.73 Å². The maximum absolute atomic E-state index is 5.89. The van der Waals surface area contributed by atoms with Crippen LogP contribution in [0, 0.1) is 0 Å². The van der Waals surface area contributed by atoms with Crippen LogP contribution in [0.3, 0.4) is 0 Å². The van der Waals surface area contributed by atoms with Gasteiger partial charge in [0.05, 0.1) is 6.54 Å². The lowest BCUT2D eigenvalue weighted by molar-refractivity contribution is 0.638. The maximum atomic E-state index is 5.89. The molecule has 0 radical (unpaired) electrons. The summed E-state index contributed by atoms with van der Waals surface area (Å²) < 4.78 is 6.14. The minimum atomic E-state index is 0.640. The summed E-state index contributed by atoms with van der Waals surface area (Å²) in [5.74, 6) is 1.35. The Kier molecular flexibility index (Phi) is 2.72. The van der Waals surface area contributed by atoms with Gasteiger partial charge >= 0.3 is 0 Å². The van der Waals surface area contributed by atoms with Crippen LogP contribution in [0.15, 0.2) is 18.5 Å². The number of nitrogens with zero attached hydrogens (tertiary/aromatic N) is 3. The molecule has 2 heterocycles. The Morgan fingerprint density at radius 1 is 1.53 bits per heavy atom. The molecule has 3 rings (SSSR count). The van der Waals surface area contributed by atoms with Crippen molar-refractivity contribution in [3.63, 3.8) is 0 Å². The summed E-state index contributed by atoms with van der Waals surface area (Å²) in [6, 6.07) is 1.93. The second-order valence-corrected chi connectivity index (χ2v) is 5.05. The third-order valence-electron chi connectivity index (χ3n) is 2.93. The monoisotopic (exact) mass is 249 g/mol. The molecule has 1 fully saturated rings. The highest BCUT2D eigenvalue weighted by Gasteiger charge is 2.30. The first kappa shape index (κ1) is 10.6. The summed E-state index contributed by atoms with van der Waals surface area (Å²) in [6.45, 7) is 1.71. The highest BCUT2D eigenvalue weighted by Crippen LogP contribution is 2.47. The van der Waals surface area contributed by atoms with Crippen LogP contribution in [0.25, 0.3) is 0 Å². The van der Waals surface area contributed by atoms with E-state index in [2.05, 4.69) is 14.8 Å². The predicted molar refractivity (Wildman–Crippen MR) is 69.2 cm³/mol. The van der Waals surface area contributed by atoms with E-state index in [1.807, 2.05) is 16.9 Å². The van der Waals surface area contributed by atoms with Crippen molar-refractivity contribution >= 4 is 22.4 Å². The molecule has 1 aliphatic carbocycles. The van der Waals surface area contributed by atoms with Gasteiger partial charge in [-0.05, 0) is 36.4 Å². The van der Waals surface area contributed by atoms with Gasteiger partial charge < -0.3 is 11.1 Å². The van der Waals surface area contributed by atoms with Gasteiger partial charge in [-0.2, -0.15) is 9.47 Å². The van der Waals surface area contributed by atoms with Crippen molar-refractivity contribution in [1.29, 1.82) is 0 Å². The van der Waals surface area contributed by atoms with Crippen LogP contribution in [0.2, 0.25) is 0 Å². The average Bonchev–Trinajstić information content (AvgIpc) is 2.88. The standard InChI is InChI=1S/C11H15N5S/c12-10-9(8-2-3-8)11(17-15-10)13-5-7-16-6-1-4-14-16/h1,4,6,8,13H,2-3,5,7H2,(H2,12,15). The van der Waals surface area contributed by atoms with E-state index in [9.17, 15) is 0 Å². The van der Waals surface area contributed by atoms with E-state index in [0.29, 0.717) is 11.7 Å². The molecule has 17 heavy (non-hydrogen) atoms. The minimum absolute atomic E-state index is 0.640. The SMILES string of the molecule is Nc1nsc(NCCn2cccn2)c1C1CC1. The molecule has 2 aromatic rings. The summed E-state index contributed by atoms with van der Waals surface area (Å²) in [7, 11) is 0. The van der Waals surface area contributed by atoms with Crippen LogP contribution in [-0.2, 0) is 6.54 Å². The van der Waals surface area contributed by atoms with Gasteiger partial charge in [-0.15, -0.1) is 0 Å². The number of nitrogens with two attached hydrogens (primary N) is 1. The second kappa shape index (κ2) is 4.37. The summed E-state index contributed by atoms with van der Waals surface area (Å²) in [5, 5.41) is 8.71. The molecule has 90 valence electrons. The molecule has 2 aromatic heterocycles. The summed E-state index contributed by atoms with van der Waals surface area (Å²) in [6.07, 6.45) is 6.25. The topological polar surface area (TPSA) is 68.8 Å². The quantitative estimate of drug-likeness (QED) is 0.849. The molecule has 0 unspecified atom stereocenters. The van der Waals surface area contributed by atoms with Crippen molar-refractivity contribution in [1.82, 2.24) is 14.2 Å². The number of rotatable bonds is 5. The zero-order valence-electron chi connectivity index (χ0n) is 9.47. The van der Waals surface area contributed by atoms with E-state index in [1.54, 1.807) is 6.20 Å². The Morgan fingerprint density at radius 2 is 2.41 bits per heavy atom. The first-order valence-electron chi connectivity index (χ1n) is 5.81. The average molecular weight is 249 g/mol. The molecule has 0 saturated heterocycles. The summed E-state index contributed by atoms with van der Waals surface area (Å²) in [4.78, 5) is 0. The van der Waals surface area contributed by atoms with Crippen LogP contribution in [-0.4, -0.2) is 20.7 Å². The number of nitrogens with one attached hydrogen (secondary N) is 1. The number of nitrogen functional groups attached to an aromatic ring is 1. The second-order valence-electron chi connectivity index (χ2n) is 4.28. The van der Waals surface area contributed by atoms with Crippen LogP contribution < -0.4 is 11.1 Å². The Bertz CT molecular complexity index is 486. The summed E-state index contributed by atoms with van der Waals surface area (Å²) in [5.41, 5.74) is 7.12. The van der Waals surface area contributed by atoms with Crippen LogP contribution in [0.5, 0.6) is 0 Å². The lowest BCUT2D eigenvalue weighted by atomic mass is 10.2. The molecule has 3 N–H and O–H groups in total. The molecule has 1 aliphatic rings. The molecule has 0 atom stereocenters. The molecule has 0 amide bonds. The van der Waals surface area contributed by atoms with Gasteiger partial charge in [0.15, 0.2) is 0 Å². The number of anilines is 2. The zero-order valence-corrected chi connectivity index (χ0v) is 10.3. The first-order valence-corrected chi connectivity index (χ1v) is 6.58. The van der Waals surface area contributed by atoms with Crippen LogP contribution >= 0.6 is 11.5 Å². The molecule has 0 aromatic carbocycles. The maximum Gasteiger partial charge on any atom is 0.142 e. The van der Waals surface area contributed by atoms with Gasteiger partial charge in [0.2, 0.25) is 0 Å². The molecule has 0 aliphatic heterocycles. The molecular weight excluding hydrogens is 234 g/mol. The van der Waals surface area contributed by atoms with E-state index < -0.39 is 0 Å². The van der Waals surface area contributed by atoms with Crippen molar-refractivity contribution in [2.45, 2.75) is 25.3 Å². The van der Waals surface area contributed by atoms with Crippen molar-refractivity contribution in [3.8, 4) is 0 Å². The number of hydrogen-bond acceptors (Lipinski definition) is 5. The summed E-state index contributed by atoms with van der Waals surface area (Å²) >= 11 is 1.47. The van der Waals surface area contributed by atoms with Crippen molar-refractivity contribution in [2.24, 2.45) is 0 Å². The molecule has 6 heteroatoms. The number of hydrogen-bond donors (Lipinski definition) is 2. The van der Waals surface area contributed by atoms with Gasteiger partial charge in [0.1, 0.15) is 10.8 Å². The highest BCUT2D eigenvalue weighted by molar-refractivity contribution is 7.10. The van der Waals surface area contributed by atoms with Crippen molar-refractivity contribution in [3.05, 3.63) is 24.0 Å². The van der Waals surface area contributed by atoms with Gasteiger partial charge in [-0.3, -0.25) is 4.68 Å². The molecule has 0 bridgehead atoms. The fourth-order valence-electron chi connectivity index (χ4n) is 1.92. The van der Waals surface area contributed by atoms with E-state index in [0.717, 1.165) is 18.1 Å². The first-order chi connectivity index (χ1) is 8.34. The smallest absolute Gasteiger partial charge is 0.142 e. The van der Waals surface area contributed by atoms with Gasteiger partial charge in [-0.25, -0.2) is 0 Å².